The maximum absolute atomic E-state index is 4.64. The minimum atomic E-state index is 0.609. The minimum absolute atomic E-state index is 0.609. The van der Waals surface area contributed by atoms with Gasteiger partial charge in [0.2, 0.25) is 5.95 Å². The molecule has 0 radical (unpaired) electrons. The van der Waals surface area contributed by atoms with E-state index in [-0.39, 0.29) is 0 Å². The van der Waals surface area contributed by atoms with Crippen LogP contribution in [0.25, 0.3) is 10.2 Å². The number of thiophene rings is 1. The molecule has 0 aliphatic carbocycles. The minimum Gasteiger partial charge on any atom is -0.368 e. The Morgan fingerprint density at radius 2 is 2.24 bits per heavy atom. The van der Waals surface area contributed by atoms with E-state index in [1.165, 1.54) is 24.3 Å². The van der Waals surface area contributed by atoms with Gasteiger partial charge in [-0.15, -0.1) is 11.3 Å². The number of likely N-dealkylation sites (tertiary alicyclic amines) is 1. The highest BCUT2D eigenvalue weighted by Crippen LogP contribution is 2.30. The molecule has 1 aliphatic rings. The van der Waals surface area contributed by atoms with Crippen LogP contribution in [0.4, 0.5) is 11.8 Å². The summed E-state index contributed by atoms with van der Waals surface area (Å²) in [6.07, 6.45) is 2.56. The van der Waals surface area contributed by atoms with Crippen LogP contribution in [0.5, 0.6) is 0 Å². The predicted molar refractivity (Wildman–Crippen MR) is 90.5 cm³/mol. The number of hydrogen-bond donors (Lipinski definition) is 2. The van der Waals surface area contributed by atoms with E-state index in [0.717, 1.165) is 29.1 Å². The predicted octanol–water partition coefficient (Wildman–Crippen LogP) is 2.94. The van der Waals surface area contributed by atoms with Gasteiger partial charge in [0.1, 0.15) is 10.6 Å². The summed E-state index contributed by atoms with van der Waals surface area (Å²) in [5.74, 6) is 1.68. The lowest BCUT2D eigenvalue weighted by atomic mass is 10.2. The van der Waals surface area contributed by atoms with Crippen LogP contribution in [0.15, 0.2) is 6.07 Å². The van der Waals surface area contributed by atoms with E-state index in [0.29, 0.717) is 12.0 Å². The van der Waals surface area contributed by atoms with Gasteiger partial charge >= 0.3 is 0 Å². The van der Waals surface area contributed by atoms with E-state index in [1.54, 1.807) is 11.3 Å². The standard InChI is InChI=1S/C15H23N5S/c1-4-16-15-18-13(12-8-10(2)21-14(12)19-15)17-9-11-6-5-7-20(11)3/h8,11H,4-7,9H2,1-3H3,(H2,16,17,18,19). The molecule has 0 aromatic carbocycles. The van der Waals surface area contributed by atoms with Crippen LogP contribution >= 0.6 is 11.3 Å². The Balaban J connectivity index is 1.84. The van der Waals surface area contributed by atoms with Gasteiger partial charge in [-0.1, -0.05) is 0 Å². The fourth-order valence-corrected chi connectivity index (χ4v) is 3.74. The zero-order valence-corrected chi connectivity index (χ0v) is 13.8. The lowest BCUT2D eigenvalue weighted by Crippen LogP contribution is -2.31. The van der Waals surface area contributed by atoms with E-state index in [4.69, 9.17) is 0 Å². The normalized spacial score (nSPS) is 19.3. The monoisotopic (exact) mass is 305 g/mol. The summed E-state index contributed by atoms with van der Waals surface area (Å²) in [7, 11) is 2.20. The SMILES string of the molecule is CCNc1nc(NCC2CCCN2C)c2cc(C)sc2n1. The molecule has 2 N–H and O–H groups in total. The lowest BCUT2D eigenvalue weighted by Gasteiger charge is -2.20. The third-order valence-electron chi connectivity index (χ3n) is 4.03. The van der Waals surface area contributed by atoms with Crippen LogP contribution in [0.1, 0.15) is 24.6 Å². The Labute approximate surface area is 129 Å². The largest absolute Gasteiger partial charge is 0.368 e. The van der Waals surface area contributed by atoms with Crippen molar-refractivity contribution < 1.29 is 0 Å². The molecule has 1 aliphatic heterocycles. The molecule has 2 aromatic rings. The third kappa shape index (κ3) is 3.11. The summed E-state index contributed by atoms with van der Waals surface area (Å²) >= 11 is 1.72. The average Bonchev–Trinajstić information content (AvgIpc) is 3.01. The average molecular weight is 305 g/mol. The zero-order valence-electron chi connectivity index (χ0n) is 12.9. The summed E-state index contributed by atoms with van der Waals surface area (Å²) in [5.41, 5.74) is 0. The fourth-order valence-electron chi connectivity index (χ4n) is 2.87. The van der Waals surface area contributed by atoms with E-state index >= 15 is 0 Å². The second-order valence-corrected chi connectivity index (χ2v) is 6.89. The highest BCUT2D eigenvalue weighted by atomic mass is 32.1. The highest BCUT2D eigenvalue weighted by molar-refractivity contribution is 7.18. The first-order chi connectivity index (χ1) is 10.2. The van der Waals surface area contributed by atoms with Gasteiger partial charge in [-0.2, -0.15) is 4.98 Å². The first-order valence-corrected chi connectivity index (χ1v) is 8.45. The number of nitrogens with one attached hydrogen (secondary N) is 2. The van der Waals surface area contributed by atoms with Crippen molar-refractivity contribution in [2.24, 2.45) is 0 Å². The Bertz CT molecular complexity index is 624. The van der Waals surface area contributed by atoms with Gasteiger partial charge in [-0.25, -0.2) is 4.98 Å². The summed E-state index contributed by atoms with van der Waals surface area (Å²) in [5, 5.41) is 7.90. The van der Waals surface area contributed by atoms with Gasteiger partial charge in [0, 0.05) is 24.0 Å². The van der Waals surface area contributed by atoms with Crippen molar-refractivity contribution in [3.8, 4) is 0 Å². The smallest absolute Gasteiger partial charge is 0.226 e. The number of nitrogens with zero attached hydrogens (tertiary/aromatic N) is 3. The Hall–Kier alpha value is -1.40. The molecular formula is C15H23N5S. The maximum Gasteiger partial charge on any atom is 0.226 e. The second kappa shape index (κ2) is 6.15. The Morgan fingerprint density at radius 1 is 1.38 bits per heavy atom. The quantitative estimate of drug-likeness (QED) is 0.889. The summed E-state index contributed by atoms with van der Waals surface area (Å²) in [6.45, 7) is 7.16. The van der Waals surface area contributed by atoms with E-state index in [2.05, 4.69) is 52.5 Å². The molecular weight excluding hydrogens is 282 g/mol. The van der Waals surface area contributed by atoms with Crippen LogP contribution in [-0.2, 0) is 0 Å². The van der Waals surface area contributed by atoms with Gasteiger partial charge in [0.25, 0.3) is 0 Å². The van der Waals surface area contributed by atoms with E-state index in [1.807, 2.05) is 0 Å². The molecule has 6 heteroatoms. The lowest BCUT2D eigenvalue weighted by molar-refractivity contribution is 0.322. The van der Waals surface area contributed by atoms with Crippen LogP contribution < -0.4 is 10.6 Å². The molecule has 0 amide bonds. The molecule has 0 spiro atoms. The number of aromatic nitrogens is 2. The number of rotatable bonds is 5. The van der Waals surface area contributed by atoms with Crippen LogP contribution in [0.3, 0.4) is 0 Å². The number of likely N-dealkylation sites (N-methyl/N-ethyl adjacent to an activating group) is 1. The Kier molecular flexibility index (Phi) is 4.26. The summed E-state index contributed by atoms with van der Waals surface area (Å²) in [6, 6.07) is 2.79. The number of hydrogen-bond acceptors (Lipinski definition) is 6. The first-order valence-electron chi connectivity index (χ1n) is 7.63. The number of anilines is 2. The summed E-state index contributed by atoms with van der Waals surface area (Å²) < 4.78 is 0. The molecule has 1 atom stereocenters. The van der Waals surface area contributed by atoms with E-state index < -0.39 is 0 Å². The van der Waals surface area contributed by atoms with Crippen molar-refractivity contribution in [3.63, 3.8) is 0 Å². The molecule has 2 aromatic heterocycles. The van der Waals surface area contributed by atoms with Crippen molar-refractivity contribution >= 4 is 33.3 Å². The van der Waals surface area contributed by atoms with Crippen molar-refractivity contribution in [2.75, 3.05) is 37.3 Å². The van der Waals surface area contributed by atoms with Crippen LogP contribution in [0.2, 0.25) is 0 Å². The van der Waals surface area contributed by atoms with Crippen LogP contribution in [-0.4, -0.2) is 47.6 Å². The van der Waals surface area contributed by atoms with Crippen molar-refractivity contribution in [1.82, 2.24) is 14.9 Å². The molecule has 5 nitrogen and oxygen atoms in total. The molecule has 114 valence electrons. The molecule has 1 unspecified atom stereocenters. The van der Waals surface area contributed by atoms with Gasteiger partial charge in [0.15, 0.2) is 0 Å². The van der Waals surface area contributed by atoms with E-state index in [9.17, 15) is 0 Å². The molecule has 0 saturated carbocycles. The number of fused-ring (bicyclic) bond motifs is 1. The third-order valence-corrected chi connectivity index (χ3v) is 4.97. The van der Waals surface area contributed by atoms with Gasteiger partial charge < -0.3 is 15.5 Å². The van der Waals surface area contributed by atoms with Gasteiger partial charge in [-0.05, 0) is 46.3 Å². The maximum atomic E-state index is 4.64. The molecule has 1 saturated heterocycles. The Morgan fingerprint density at radius 3 is 2.95 bits per heavy atom. The molecule has 0 bridgehead atoms. The second-order valence-electron chi connectivity index (χ2n) is 5.66. The van der Waals surface area contributed by atoms with Crippen molar-refractivity contribution in [1.29, 1.82) is 0 Å². The van der Waals surface area contributed by atoms with Crippen LogP contribution in [0, 0.1) is 6.92 Å². The number of aryl methyl sites for hydroxylation is 1. The highest BCUT2D eigenvalue weighted by Gasteiger charge is 2.21. The molecule has 1 fully saturated rings. The topological polar surface area (TPSA) is 53.1 Å². The van der Waals surface area contributed by atoms with Gasteiger partial charge in [-0.3, -0.25) is 0 Å². The zero-order chi connectivity index (χ0) is 14.8. The van der Waals surface area contributed by atoms with Gasteiger partial charge in [0.05, 0.1) is 5.39 Å². The molecule has 3 heterocycles. The summed E-state index contributed by atoms with van der Waals surface area (Å²) in [4.78, 5) is 14.0. The first kappa shape index (κ1) is 14.5. The molecule has 3 rings (SSSR count). The van der Waals surface area contributed by atoms with Crippen molar-refractivity contribution in [2.45, 2.75) is 32.7 Å². The fraction of sp³-hybridized carbons (Fsp3) is 0.600. The molecule has 21 heavy (non-hydrogen) atoms. The van der Waals surface area contributed by atoms with Crippen molar-refractivity contribution in [3.05, 3.63) is 10.9 Å².